The van der Waals surface area contributed by atoms with Crippen LogP contribution in [0.2, 0.25) is 0 Å². The molecule has 4 aromatic rings. The van der Waals surface area contributed by atoms with Crippen molar-refractivity contribution < 1.29 is 4.79 Å². The van der Waals surface area contributed by atoms with Gasteiger partial charge in [-0.2, -0.15) is 5.10 Å². The number of fused-ring (bicyclic) bond motifs is 1. The van der Waals surface area contributed by atoms with Gasteiger partial charge >= 0.3 is 0 Å². The Morgan fingerprint density at radius 3 is 2.61 bits per heavy atom. The summed E-state index contributed by atoms with van der Waals surface area (Å²) in [5.41, 5.74) is 5.94. The molecule has 1 saturated heterocycles. The van der Waals surface area contributed by atoms with Crippen LogP contribution in [0.15, 0.2) is 72.8 Å². The summed E-state index contributed by atoms with van der Waals surface area (Å²) in [4.78, 5) is 17.3. The van der Waals surface area contributed by atoms with E-state index >= 15 is 0 Å². The monoisotopic (exact) mass is 436 g/mol. The molecule has 1 aromatic heterocycles. The van der Waals surface area contributed by atoms with Gasteiger partial charge < -0.3 is 9.80 Å². The van der Waals surface area contributed by atoms with E-state index in [0.717, 1.165) is 41.7 Å². The zero-order valence-corrected chi connectivity index (χ0v) is 19.0. The van der Waals surface area contributed by atoms with E-state index in [4.69, 9.17) is 0 Å². The van der Waals surface area contributed by atoms with Crippen LogP contribution < -0.4 is 0 Å². The lowest BCUT2D eigenvalue weighted by molar-refractivity contribution is 0.0783. The SMILES string of the molecule is CN(C)[C@@H]1CCN(C(=O)c2ccc3[nH]nc(/C=C\c4ccccc4-c4ccccc4)c3c2)C1. The van der Waals surface area contributed by atoms with Crippen molar-refractivity contribution in [2.24, 2.45) is 0 Å². The highest BCUT2D eigenvalue weighted by Crippen LogP contribution is 2.27. The number of nitrogens with zero attached hydrogens (tertiary/aromatic N) is 3. The van der Waals surface area contributed by atoms with Crippen LogP contribution >= 0.6 is 0 Å². The van der Waals surface area contributed by atoms with Gasteiger partial charge in [0.2, 0.25) is 0 Å². The Hall–Kier alpha value is -3.70. The zero-order valence-electron chi connectivity index (χ0n) is 19.0. The maximum atomic E-state index is 13.1. The lowest BCUT2D eigenvalue weighted by Crippen LogP contribution is -2.34. The number of amides is 1. The number of nitrogens with one attached hydrogen (secondary N) is 1. The van der Waals surface area contributed by atoms with Crippen molar-refractivity contribution in [1.29, 1.82) is 0 Å². The predicted octanol–water partition coefficient (Wildman–Crippen LogP) is 5.18. The quantitative estimate of drug-likeness (QED) is 0.469. The molecule has 1 fully saturated rings. The van der Waals surface area contributed by atoms with Crippen molar-refractivity contribution in [1.82, 2.24) is 20.0 Å². The number of H-pyrrole nitrogens is 1. The second kappa shape index (κ2) is 9.04. The molecule has 0 aliphatic carbocycles. The smallest absolute Gasteiger partial charge is 0.253 e. The second-order valence-electron chi connectivity index (χ2n) is 8.81. The van der Waals surface area contributed by atoms with E-state index in [0.29, 0.717) is 11.6 Å². The van der Waals surface area contributed by atoms with Crippen molar-refractivity contribution in [3.8, 4) is 11.1 Å². The number of aromatic amines is 1. The fourth-order valence-corrected chi connectivity index (χ4v) is 4.52. The van der Waals surface area contributed by atoms with E-state index in [9.17, 15) is 4.79 Å². The number of likely N-dealkylation sites (N-methyl/N-ethyl adjacent to an activating group) is 1. The first-order chi connectivity index (χ1) is 16.1. The number of carbonyl (C=O) groups is 1. The van der Waals surface area contributed by atoms with Crippen LogP contribution in [0.4, 0.5) is 0 Å². The Bertz CT molecular complexity index is 1310. The fraction of sp³-hybridized carbons (Fsp3) is 0.214. The summed E-state index contributed by atoms with van der Waals surface area (Å²) in [5, 5.41) is 8.55. The van der Waals surface area contributed by atoms with Crippen molar-refractivity contribution in [3.63, 3.8) is 0 Å². The summed E-state index contributed by atoms with van der Waals surface area (Å²) < 4.78 is 0. The highest BCUT2D eigenvalue weighted by molar-refractivity contribution is 6.00. The third kappa shape index (κ3) is 4.32. The first kappa shape index (κ1) is 21.2. The van der Waals surface area contributed by atoms with Gasteiger partial charge in [0.15, 0.2) is 0 Å². The summed E-state index contributed by atoms with van der Waals surface area (Å²) in [5.74, 6) is 0.0896. The van der Waals surface area contributed by atoms with Crippen molar-refractivity contribution in [3.05, 3.63) is 89.6 Å². The topological polar surface area (TPSA) is 52.2 Å². The molecule has 0 spiro atoms. The third-order valence-electron chi connectivity index (χ3n) is 6.49. The minimum Gasteiger partial charge on any atom is -0.337 e. The number of carbonyl (C=O) groups excluding carboxylic acids is 1. The minimum atomic E-state index is 0.0896. The fourth-order valence-electron chi connectivity index (χ4n) is 4.52. The standard InChI is InChI=1S/C28H28N4O/c1-31(2)23-16-17-32(19-23)28(33)22-13-15-27-25(18-22)26(29-30-27)14-12-21-10-6-7-11-24(21)20-8-4-3-5-9-20/h3-15,18,23H,16-17,19H2,1-2H3,(H,29,30)/b14-12-/t23-/m1/s1. The molecule has 0 saturated carbocycles. The van der Waals surface area contributed by atoms with Crippen molar-refractivity contribution in [2.45, 2.75) is 12.5 Å². The van der Waals surface area contributed by atoms with Gasteiger partial charge in [0.1, 0.15) is 0 Å². The number of hydrogen-bond acceptors (Lipinski definition) is 3. The molecule has 5 rings (SSSR count). The Balaban J connectivity index is 1.43. The average Bonchev–Trinajstić information content (AvgIpc) is 3.50. The van der Waals surface area contributed by atoms with E-state index in [2.05, 4.69) is 77.7 Å². The van der Waals surface area contributed by atoms with Crippen LogP contribution in [-0.2, 0) is 0 Å². The first-order valence-corrected chi connectivity index (χ1v) is 11.4. The molecule has 2 heterocycles. The number of rotatable bonds is 5. The van der Waals surface area contributed by atoms with E-state index in [-0.39, 0.29) is 5.91 Å². The van der Waals surface area contributed by atoms with Crippen LogP contribution in [-0.4, -0.2) is 59.1 Å². The first-order valence-electron chi connectivity index (χ1n) is 11.4. The second-order valence-corrected chi connectivity index (χ2v) is 8.81. The van der Waals surface area contributed by atoms with Gasteiger partial charge in [-0.05, 0) is 61.5 Å². The minimum absolute atomic E-state index is 0.0896. The molecule has 1 amide bonds. The van der Waals surface area contributed by atoms with Gasteiger partial charge in [-0.25, -0.2) is 0 Å². The molecule has 1 atom stereocenters. The Morgan fingerprint density at radius 1 is 1.03 bits per heavy atom. The molecule has 1 aliphatic heterocycles. The molecule has 0 radical (unpaired) electrons. The number of hydrogen-bond donors (Lipinski definition) is 1. The highest BCUT2D eigenvalue weighted by atomic mass is 16.2. The number of aromatic nitrogens is 2. The summed E-state index contributed by atoms with van der Waals surface area (Å²) in [6.07, 6.45) is 5.13. The molecule has 0 unspecified atom stereocenters. The maximum Gasteiger partial charge on any atom is 0.253 e. The van der Waals surface area contributed by atoms with E-state index in [1.54, 1.807) is 0 Å². The molecule has 1 aliphatic rings. The van der Waals surface area contributed by atoms with Crippen LogP contribution in [0.5, 0.6) is 0 Å². The molecule has 0 bridgehead atoms. The van der Waals surface area contributed by atoms with Crippen LogP contribution in [0.1, 0.15) is 28.0 Å². The molecular weight excluding hydrogens is 408 g/mol. The van der Waals surface area contributed by atoms with Gasteiger partial charge in [0, 0.05) is 30.1 Å². The van der Waals surface area contributed by atoms with Gasteiger partial charge in [-0.3, -0.25) is 9.89 Å². The van der Waals surface area contributed by atoms with E-state index < -0.39 is 0 Å². The summed E-state index contributed by atoms with van der Waals surface area (Å²) in [6, 6.07) is 24.9. The Kier molecular flexibility index (Phi) is 5.80. The molecule has 166 valence electrons. The summed E-state index contributed by atoms with van der Waals surface area (Å²) >= 11 is 0. The molecule has 3 aromatic carbocycles. The van der Waals surface area contributed by atoms with Crippen LogP contribution in [0.3, 0.4) is 0 Å². The molecular formula is C28H28N4O. The lowest BCUT2D eigenvalue weighted by Gasteiger charge is -2.20. The van der Waals surface area contributed by atoms with Crippen LogP contribution in [0.25, 0.3) is 34.2 Å². The highest BCUT2D eigenvalue weighted by Gasteiger charge is 2.28. The molecule has 5 heteroatoms. The molecule has 1 N–H and O–H groups in total. The summed E-state index contributed by atoms with van der Waals surface area (Å²) in [7, 11) is 4.15. The lowest BCUT2D eigenvalue weighted by atomic mass is 9.99. The molecule has 33 heavy (non-hydrogen) atoms. The summed E-state index contributed by atoms with van der Waals surface area (Å²) in [6.45, 7) is 1.58. The van der Waals surface area contributed by atoms with Crippen molar-refractivity contribution in [2.75, 3.05) is 27.2 Å². The Morgan fingerprint density at radius 2 is 1.82 bits per heavy atom. The Labute approximate surface area is 194 Å². The average molecular weight is 437 g/mol. The van der Waals surface area contributed by atoms with Gasteiger partial charge in [-0.1, -0.05) is 60.7 Å². The third-order valence-corrected chi connectivity index (χ3v) is 6.49. The van der Waals surface area contributed by atoms with E-state index in [1.807, 2.05) is 41.3 Å². The number of likely N-dealkylation sites (tertiary alicyclic amines) is 1. The van der Waals surface area contributed by atoms with Gasteiger partial charge in [0.25, 0.3) is 5.91 Å². The predicted molar refractivity (Wildman–Crippen MR) is 135 cm³/mol. The zero-order chi connectivity index (χ0) is 22.8. The van der Waals surface area contributed by atoms with Crippen LogP contribution in [0, 0.1) is 0 Å². The number of benzene rings is 3. The van der Waals surface area contributed by atoms with Gasteiger partial charge in [0.05, 0.1) is 11.2 Å². The van der Waals surface area contributed by atoms with Gasteiger partial charge in [-0.15, -0.1) is 0 Å². The van der Waals surface area contributed by atoms with E-state index in [1.165, 1.54) is 11.1 Å². The van der Waals surface area contributed by atoms with Crippen molar-refractivity contribution >= 4 is 29.0 Å². The largest absolute Gasteiger partial charge is 0.337 e. The molecule has 5 nitrogen and oxygen atoms in total. The maximum absolute atomic E-state index is 13.1. The normalized spacial score (nSPS) is 16.3.